The largest absolute Gasteiger partial charge is 0.328 e. The van der Waals surface area contributed by atoms with Gasteiger partial charge in [0, 0.05) is 6.04 Å². The molecule has 14 heavy (non-hydrogen) atoms. The molecule has 0 saturated carbocycles. The van der Waals surface area contributed by atoms with Crippen LogP contribution in [0.1, 0.15) is 38.2 Å². The summed E-state index contributed by atoms with van der Waals surface area (Å²) in [5.41, 5.74) is 7.14. The zero-order valence-electron chi connectivity index (χ0n) is 9.08. The topological polar surface area (TPSA) is 26.0 Å². The predicted molar refractivity (Wildman–Crippen MR) is 62.3 cm³/mol. The quantitative estimate of drug-likeness (QED) is 0.687. The highest BCUT2D eigenvalue weighted by atomic mass is 14.6. The van der Waals surface area contributed by atoms with Crippen LogP contribution in [0.4, 0.5) is 0 Å². The SMILES string of the molecule is CC(N)CCCCCc1ccccc1. The van der Waals surface area contributed by atoms with Crippen LogP contribution < -0.4 is 5.73 Å². The fraction of sp³-hybridized carbons (Fsp3) is 0.538. The third-order valence-corrected chi connectivity index (χ3v) is 2.47. The molecule has 0 saturated heterocycles. The van der Waals surface area contributed by atoms with Crippen molar-refractivity contribution in [3.63, 3.8) is 0 Å². The minimum atomic E-state index is 0.367. The van der Waals surface area contributed by atoms with Gasteiger partial charge in [0.05, 0.1) is 0 Å². The highest BCUT2D eigenvalue weighted by Gasteiger charge is 1.95. The van der Waals surface area contributed by atoms with Crippen LogP contribution in [0.3, 0.4) is 0 Å². The Morgan fingerprint density at radius 1 is 1.07 bits per heavy atom. The molecule has 0 spiro atoms. The molecular formula is C13H21N. The monoisotopic (exact) mass is 191 g/mol. The Bertz CT molecular complexity index is 228. The summed E-state index contributed by atoms with van der Waals surface area (Å²) in [6.45, 7) is 2.08. The van der Waals surface area contributed by atoms with Crippen LogP contribution in [0, 0.1) is 0 Å². The smallest absolute Gasteiger partial charge is 0.00104 e. The summed E-state index contributed by atoms with van der Waals surface area (Å²) in [6, 6.07) is 11.1. The van der Waals surface area contributed by atoms with Gasteiger partial charge in [0.1, 0.15) is 0 Å². The molecule has 1 unspecified atom stereocenters. The zero-order valence-corrected chi connectivity index (χ0v) is 9.08. The van der Waals surface area contributed by atoms with Gasteiger partial charge in [-0.3, -0.25) is 0 Å². The molecule has 0 bridgehead atoms. The number of unbranched alkanes of at least 4 members (excludes halogenated alkanes) is 2. The van der Waals surface area contributed by atoms with Crippen LogP contribution in [0.15, 0.2) is 30.3 Å². The lowest BCUT2D eigenvalue weighted by atomic mass is 10.0. The van der Waals surface area contributed by atoms with E-state index < -0.39 is 0 Å². The van der Waals surface area contributed by atoms with Crippen LogP contribution in [0.25, 0.3) is 0 Å². The van der Waals surface area contributed by atoms with E-state index in [9.17, 15) is 0 Å². The average molecular weight is 191 g/mol. The normalized spacial score (nSPS) is 12.7. The molecule has 0 fully saturated rings. The number of aryl methyl sites for hydroxylation is 1. The van der Waals surface area contributed by atoms with Gasteiger partial charge >= 0.3 is 0 Å². The second-order valence-electron chi connectivity index (χ2n) is 4.06. The van der Waals surface area contributed by atoms with Crippen molar-refractivity contribution in [1.82, 2.24) is 0 Å². The number of hydrogen-bond acceptors (Lipinski definition) is 1. The van der Waals surface area contributed by atoms with Gasteiger partial charge in [-0.15, -0.1) is 0 Å². The third-order valence-electron chi connectivity index (χ3n) is 2.47. The van der Waals surface area contributed by atoms with Crippen molar-refractivity contribution in [2.45, 2.75) is 45.1 Å². The first kappa shape index (κ1) is 11.3. The van der Waals surface area contributed by atoms with Gasteiger partial charge in [0.25, 0.3) is 0 Å². The van der Waals surface area contributed by atoms with Crippen molar-refractivity contribution < 1.29 is 0 Å². The Kier molecular flexibility index (Phi) is 5.31. The fourth-order valence-corrected chi connectivity index (χ4v) is 1.62. The van der Waals surface area contributed by atoms with Crippen molar-refractivity contribution in [2.75, 3.05) is 0 Å². The van der Waals surface area contributed by atoms with E-state index in [1.807, 2.05) is 0 Å². The van der Waals surface area contributed by atoms with Crippen LogP contribution in [-0.4, -0.2) is 6.04 Å². The number of benzene rings is 1. The Morgan fingerprint density at radius 3 is 2.43 bits per heavy atom. The molecule has 0 aliphatic heterocycles. The molecule has 2 N–H and O–H groups in total. The van der Waals surface area contributed by atoms with Gasteiger partial charge in [-0.2, -0.15) is 0 Å². The van der Waals surface area contributed by atoms with Gasteiger partial charge in [0.15, 0.2) is 0 Å². The Balaban J connectivity index is 2.05. The molecule has 0 amide bonds. The van der Waals surface area contributed by atoms with Crippen LogP contribution in [0.5, 0.6) is 0 Å². The highest BCUT2D eigenvalue weighted by Crippen LogP contribution is 2.08. The molecule has 1 heteroatoms. The molecule has 1 atom stereocenters. The number of hydrogen-bond donors (Lipinski definition) is 1. The molecule has 0 heterocycles. The lowest BCUT2D eigenvalue weighted by molar-refractivity contribution is 0.579. The lowest BCUT2D eigenvalue weighted by Crippen LogP contribution is -2.13. The van der Waals surface area contributed by atoms with Gasteiger partial charge in [0.2, 0.25) is 0 Å². The molecule has 1 aromatic rings. The van der Waals surface area contributed by atoms with Gasteiger partial charge in [-0.1, -0.05) is 43.2 Å². The molecule has 78 valence electrons. The number of nitrogens with two attached hydrogens (primary N) is 1. The maximum atomic E-state index is 5.69. The van der Waals surface area contributed by atoms with E-state index in [1.165, 1.54) is 31.2 Å². The van der Waals surface area contributed by atoms with E-state index in [4.69, 9.17) is 5.73 Å². The van der Waals surface area contributed by atoms with Crippen molar-refractivity contribution >= 4 is 0 Å². The summed E-state index contributed by atoms with van der Waals surface area (Å²) >= 11 is 0. The van der Waals surface area contributed by atoms with Gasteiger partial charge < -0.3 is 5.73 Å². The van der Waals surface area contributed by atoms with Crippen molar-refractivity contribution in [1.29, 1.82) is 0 Å². The minimum absolute atomic E-state index is 0.367. The first-order chi connectivity index (χ1) is 6.79. The van der Waals surface area contributed by atoms with E-state index in [2.05, 4.69) is 37.3 Å². The highest BCUT2D eigenvalue weighted by molar-refractivity contribution is 5.14. The zero-order chi connectivity index (χ0) is 10.2. The molecule has 0 aliphatic rings. The Labute approximate surface area is 87.3 Å². The summed E-state index contributed by atoms with van der Waals surface area (Å²) in [5, 5.41) is 0. The second kappa shape index (κ2) is 6.61. The predicted octanol–water partition coefficient (Wildman–Crippen LogP) is 3.14. The first-order valence-electron chi connectivity index (χ1n) is 5.58. The number of rotatable bonds is 6. The van der Waals surface area contributed by atoms with E-state index in [0.29, 0.717) is 6.04 Å². The molecule has 0 radical (unpaired) electrons. The van der Waals surface area contributed by atoms with Crippen molar-refractivity contribution in [3.8, 4) is 0 Å². The minimum Gasteiger partial charge on any atom is -0.328 e. The Hall–Kier alpha value is -0.820. The average Bonchev–Trinajstić information content (AvgIpc) is 2.18. The second-order valence-corrected chi connectivity index (χ2v) is 4.06. The molecule has 1 nitrogen and oxygen atoms in total. The van der Waals surface area contributed by atoms with E-state index in [-0.39, 0.29) is 0 Å². The van der Waals surface area contributed by atoms with Gasteiger partial charge in [-0.25, -0.2) is 0 Å². The van der Waals surface area contributed by atoms with E-state index >= 15 is 0 Å². The fourth-order valence-electron chi connectivity index (χ4n) is 1.62. The molecule has 0 aromatic heterocycles. The summed E-state index contributed by atoms with van der Waals surface area (Å²) in [6.07, 6.45) is 6.23. The molecule has 1 rings (SSSR count). The Morgan fingerprint density at radius 2 is 1.79 bits per heavy atom. The summed E-state index contributed by atoms with van der Waals surface area (Å²) in [7, 11) is 0. The maximum absolute atomic E-state index is 5.69. The van der Waals surface area contributed by atoms with E-state index in [1.54, 1.807) is 0 Å². The van der Waals surface area contributed by atoms with Gasteiger partial charge in [-0.05, 0) is 31.7 Å². The van der Waals surface area contributed by atoms with Crippen LogP contribution in [-0.2, 0) is 6.42 Å². The van der Waals surface area contributed by atoms with Crippen molar-refractivity contribution in [3.05, 3.63) is 35.9 Å². The van der Waals surface area contributed by atoms with Crippen LogP contribution >= 0.6 is 0 Å². The summed E-state index contributed by atoms with van der Waals surface area (Å²) in [5.74, 6) is 0. The maximum Gasteiger partial charge on any atom is 0.00104 e. The first-order valence-corrected chi connectivity index (χ1v) is 5.58. The molecular weight excluding hydrogens is 170 g/mol. The summed E-state index contributed by atoms with van der Waals surface area (Å²) < 4.78 is 0. The molecule has 1 aromatic carbocycles. The van der Waals surface area contributed by atoms with Crippen molar-refractivity contribution in [2.24, 2.45) is 5.73 Å². The van der Waals surface area contributed by atoms with E-state index in [0.717, 1.165) is 6.42 Å². The third kappa shape index (κ3) is 5.03. The lowest BCUT2D eigenvalue weighted by Gasteiger charge is -2.04. The van der Waals surface area contributed by atoms with Crippen LogP contribution in [0.2, 0.25) is 0 Å². The summed E-state index contributed by atoms with van der Waals surface area (Å²) in [4.78, 5) is 0. The molecule has 0 aliphatic carbocycles. The standard InChI is InChI=1S/C13H21N/c1-12(14)8-4-2-5-9-13-10-6-3-7-11-13/h3,6-7,10-12H,2,4-5,8-9,14H2,1H3.